The van der Waals surface area contributed by atoms with E-state index in [1.807, 2.05) is 0 Å². The summed E-state index contributed by atoms with van der Waals surface area (Å²) < 4.78 is 3.07. The molecule has 0 aromatic carbocycles. The van der Waals surface area contributed by atoms with Gasteiger partial charge in [0.15, 0.2) is 0 Å². The quantitative estimate of drug-likeness (QED) is 0.534. The highest BCUT2D eigenvalue weighted by Crippen LogP contribution is 2.18. The van der Waals surface area contributed by atoms with Crippen molar-refractivity contribution < 1.29 is 5.11 Å². The summed E-state index contributed by atoms with van der Waals surface area (Å²) in [6.45, 7) is 0. The van der Waals surface area contributed by atoms with Crippen LogP contribution in [0.15, 0.2) is 0 Å². The van der Waals surface area contributed by atoms with Crippen LogP contribution in [-0.4, -0.2) is 17.3 Å². The van der Waals surface area contributed by atoms with Gasteiger partial charge in [0.25, 0.3) is 0 Å². The molecule has 1 saturated carbocycles. The lowest BCUT2D eigenvalue weighted by Gasteiger charge is -2.25. The molecule has 0 bridgehead atoms. The smallest absolute Gasteiger partial charge is 0.0700 e. The molecule has 0 heterocycles. The fourth-order valence-corrected chi connectivity index (χ4v) is 1.97. The van der Waals surface area contributed by atoms with E-state index in [1.54, 1.807) is 0 Å². The van der Waals surface area contributed by atoms with Crippen molar-refractivity contribution in [1.29, 1.82) is 0 Å². The van der Waals surface area contributed by atoms with Crippen LogP contribution in [0.4, 0.5) is 0 Å². The second kappa shape index (κ2) is 3.73. The maximum atomic E-state index is 9.30. The highest BCUT2D eigenvalue weighted by molar-refractivity contribution is 14.1. The highest BCUT2D eigenvalue weighted by Gasteiger charge is 2.20. The van der Waals surface area contributed by atoms with Crippen LogP contribution in [0, 0.1) is 0 Å². The van der Waals surface area contributed by atoms with E-state index < -0.39 is 0 Å². The molecule has 0 unspecified atom stereocenters. The van der Waals surface area contributed by atoms with Crippen LogP contribution >= 0.6 is 22.9 Å². The van der Waals surface area contributed by atoms with Gasteiger partial charge in [-0.05, 0) is 12.8 Å². The molecule has 0 amide bonds. The normalized spacial score (nSPS) is 36.7. The average molecular weight is 241 g/mol. The fourth-order valence-electron chi connectivity index (χ4n) is 1.24. The predicted molar refractivity (Wildman–Crippen MR) is 45.4 cm³/mol. The number of rotatable bonds is 1. The van der Waals surface area contributed by atoms with Crippen LogP contribution in [0.25, 0.3) is 0 Å². The molecular weight excluding hydrogens is 229 g/mol. The van der Waals surface area contributed by atoms with Gasteiger partial charge >= 0.3 is 0 Å². The largest absolute Gasteiger partial charge is 0.391 e. The van der Waals surface area contributed by atoms with Gasteiger partial charge in [0, 0.05) is 28.9 Å². The summed E-state index contributed by atoms with van der Waals surface area (Å²) in [5.74, 6) is 0. The Kier molecular flexibility index (Phi) is 3.21. The minimum atomic E-state index is -0.101. The van der Waals surface area contributed by atoms with E-state index in [0.29, 0.717) is 6.04 Å². The number of nitrogens with one attached hydrogen (secondary N) is 1. The zero-order valence-corrected chi connectivity index (χ0v) is 7.47. The first kappa shape index (κ1) is 7.75. The molecule has 0 radical (unpaired) electrons. The second-order valence-electron chi connectivity index (χ2n) is 2.57. The lowest BCUT2D eigenvalue weighted by atomic mass is 9.94. The predicted octanol–water partition coefficient (Wildman–Crippen LogP) is 1.23. The Hall–Kier alpha value is 0.650. The SMILES string of the molecule is O[C@H]1CCCC[C@H]1NI. The molecule has 2 nitrogen and oxygen atoms in total. The molecule has 2 N–H and O–H groups in total. The Balaban J connectivity index is 2.30. The molecule has 0 saturated heterocycles. The van der Waals surface area contributed by atoms with E-state index in [0.717, 1.165) is 12.8 Å². The summed E-state index contributed by atoms with van der Waals surface area (Å²) in [4.78, 5) is 0. The van der Waals surface area contributed by atoms with E-state index in [9.17, 15) is 5.11 Å². The lowest BCUT2D eigenvalue weighted by molar-refractivity contribution is 0.104. The van der Waals surface area contributed by atoms with Crippen molar-refractivity contribution in [3.8, 4) is 0 Å². The van der Waals surface area contributed by atoms with Crippen molar-refractivity contribution >= 4 is 22.9 Å². The van der Waals surface area contributed by atoms with Gasteiger partial charge in [-0.25, -0.2) is 0 Å². The van der Waals surface area contributed by atoms with Gasteiger partial charge < -0.3 is 5.11 Å². The topological polar surface area (TPSA) is 32.3 Å². The molecule has 1 rings (SSSR count). The third-order valence-corrected chi connectivity index (χ3v) is 2.67. The van der Waals surface area contributed by atoms with Crippen molar-refractivity contribution in [2.75, 3.05) is 0 Å². The van der Waals surface area contributed by atoms with Gasteiger partial charge in [-0.1, -0.05) is 12.8 Å². The van der Waals surface area contributed by atoms with Crippen molar-refractivity contribution in [2.45, 2.75) is 37.8 Å². The first-order chi connectivity index (χ1) is 4.34. The van der Waals surface area contributed by atoms with E-state index in [1.165, 1.54) is 12.8 Å². The van der Waals surface area contributed by atoms with Gasteiger partial charge in [-0.3, -0.25) is 3.53 Å². The molecule has 3 heteroatoms. The van der Waals surface area contributed by atoms with Gasteiger partial charge in [0.05, 0.1) is 6.10 Å². The Morgan fingerprint density at radius 2 is 2.00 bits per heavy atom. The van der Waals surface area contributed by atoms with Gasteiger partial charge in [0.1, 0.15) is 0 Å². The Morgan fingerprint density at radius 1 is 1.33 bits per heavy atom. The zero-order valence-electron chi connectivity index (χ0n) is 5.31. The third kappa shape index (κ3) is 2.05. The molecule has 1 fully saturated rings. The molecule has 2 atom stereocenters. The molecule has 0 aromatic heterocycles. The summed E-state index contributed by atoms with van der Waals surface area (Å²) in [5, 5.41) is 9.30. The molecule has 54 valence electrons. The Morgan fingerprint density at radius 3 is 2.44 bits per heavy atom. The minimum absolute atomic E-state index is 0.101. The van der Waals surface area contributed by atoms with Gasteiger partial charge in [-0.15, -0.1) is 0 Å². The van der Waals surface area contributed by atoms with Crippen LogP contribution in [0.5, 0.6) is 0 Å². The summed E-state index contributed by atoms with van der Waals surface area (Å²) in [7, 11) is 0. The zero-order chi connectivity index (χ0) is 6.69. The molecule has 9 heavy (non-hydrogen) atoms. The van der Waals surface area contributed by atoms with Crippen LogP contribution in [0.3, 0.4) is 0 Å². The number of hydrogen-bond donors (Lipinski definition) is 2. The molecule has 1 aliphatic rings. The summed E-state index contributed by atoms with van der Waals surface area (Å²) in [5.41, 5.74) is 0. The maximum absolute atomic E-state index is 9.30. The summed E-state index contributed by atoms with van der Waals surface area (Å²) in [6.07, 6.45) is 4.45. The van der Waals surface area contributed by atoms with Crippen LogP contribution < -0.4 is 3.53 Å². The average Bonchev–Trinajstić information content (AvgIpc) is 1.89. The monoisotopic (exact) mass is 241 g/mol. The number of halogens is 1. The van der Waals surface area contributed by atoms with E-state index in [4.69, 9.17) is 0 Å². The van der Waals surface area contributed by atoms with E-state index in [-0.39, 0.29) is 6.10 Å². The molecule has 0 spiro atoms. The first-order valence-electron chi connectivity index (χ1n) is 3.39. The summed E-state index contributed by atoms with van der Waals surface area (Å²) >= 11 is 2.11. The van der Waals surface area contributed by atoms with Crippen molar-refractivity contribution in [3.63, 3.8) is 0 Å². The van der Waals surface area contributed by atoms with E-state index in [2.05, 4.69) is 26.4 Å². The molecule has 1 aliphatic carbocycles. The molecular formula is C6H12INO. The first-order valence-corrected chi connectivity index (χ1v) is 4.46. The number of aliphatic hydroxyl groups is 1. The molecule has 0 aromatic rings. The standard InChI is InChI=1S/C6H12INO/c7-8-5-3-1-2-4-6(5)9/h5-6,8-9H,1-4H2/t5-,6+/m1/s1. The number of hydrogen-bond acceptors (Lipinski definition) is 2. The Bertz CT molecular complexity index is 89.1. The third-order valence-electron chi connectivity index (χ3n) is 1.87. The second-order valence-corrected chi connectivity index (χ2v) is 3.19. The van der Waals surface area contributed by atoms with Crippen molar-refractivity contribution in [1.82, 2.24) is 3.53 Å². The van der Waals surface area contributed by atoms with Crippen LogP contribution in [0.2, 0.25) is 0 Å². The fraction of sp³-hybridized carbons (Fsp3) is 1.00. The van der Waals surface area contributed by atoms with Gasteiger partial charge in [-0.2, -0.15) is 0 Å². The number of aliphatic hydroxyl groups excluding tert-OH is 1. The minimum Gasteiger partial charge on any atom is -0.391 e. The van der Waals surface area contributed by atoms with Gasteiger partial charge in [0.2, 0.25) is 0 Å². The van der Waals surface area contributed by atoms with Crippen molar-refractivity contribution in [3.05, 3.63) is 0 Å². The summed E-state index contributed by atoms with van der Waals surface area (Å²) in [6, 6.07) is 0.347. The van der Waals surface area contributed by atoms with Crippen molar-refractivity contribution in [2.24, 2.45) is 0 Å². The molecule has 0 aliphatic heterocycles. The van der Waals surface area contributed by atoms with Crippen LogP contribution in [-0.2, 0) is 0 Å². The maximum Gasteiger partial charge on any atom is 0.0700 e. The van der Waals surface area contributed by atoms with E-state index >= 15 is 0 Å². The van der Waals surface area contributed by atoms with Crippen LogP contribution in [0.1, 0.15) is 25.7 Å². The Labute approximate surface area is 69.5 Å². The lowest BCUT2D eigenvalue weighted by Crippen LogP contribution is -2.36. The highest BCUT2D eigenvalue weighted by atomic mass is 127.